The number of ether oxygens (including phenoxy) is 3. The molecule has 10 nitrogen and oxygen atoms in total. The maximum absolute atomic E-state index is 12.8. The zero-order chi connectivity index (χ0) is 24.0. The lowest BCUT2D eigenvalue weighted by Gasteiger charge is -2.20. The number of hydrogen-bond acceptors (Lipinski definition) is 7. The minimum atomic E-state index is -0.559. The SMILES string of the molecule is COC(=O)CNC(=O)c1ccc(NC(=O)C2CC(=O)N(c3cc(OC)ccc3OC)C2)cc1. The highest BCUT2D eigenvalue weighted by atomic mass is 16.5. The summed E-state index contributed by atoms with van der Waals surface area (Å²) in [6.07, 6.45) is 0.0558. The number of amides is 3. The Morgan fingerprint density at radius 3 is 2.39 bits per heavy atom. The third-order valence-corrected chi connectivity index (χ3v) is 5.21. The molecular formula is C23H25N3O7. The van der Waals surface area contributed by atoms with Crippen molar-refractivity contribution in [2.75, 3.05) is 44.6 Å². The van der Waals surface area contributed by atoms with Crippen LogP contribution in [0.1, 0.15) is 16.8 Å². The van der Waals surface area contributed by atoms with Gasteiger partial charge in [0.2, 0.25) is 11.8 Å². The average Bonchev–Trinajstić information content (AvgIpc) is 3.23. The summed E-state index contributed by atoms with van der Waals surface area (Å²) in [5.41, 5.74) is 1.35. The number of nitrogens with one attached hydrogen (secondary N) is 2. The fourth-order valence-corrected chi connectivity index (χ4v) is 3.40. The van der Waals surface area contributed by atoms with Crippen molar-refractivity contribution in [1.29, 1.82) is 0 Å². The van der Waals surface area contributed by atoms with Crippen molar-refractivity contribution in [3.05, 3.63) is 48.0 Å². The molecule has 174 valence electrons. The second-order valence-electron chi connectivity index (χ2n) is 7.27. The van der Waals surface area contributed by atoms with E-state index in [0.717, 1.165) is 0 Å². The van der Waals surface area contributed by atoms with E-state index in [-0.39, 0.29) is 31.3 Å². The Morgan fingerprint density at radius 2 is 1.76 bits per heavy atom. The van der Waals surface area contributed by atoms with E-state index in [1.807, 2.05) is 0 Å². The van der Waals surface area contributed by atoms with Crippen molar-refractivity contribution in [2.45, 2.75) is 6.42 Å². The van der Waals surface area contributed by atoms with E-state index in [2.05, 4.69) is 15.4 Å². The Kier molecular flexibility index (Phi) is 7.50. The predicted molar refractivity (Wildman–Crippen MR) is 119 cm³/mol. The van der Waals surface area contributed by atoms with Crippen molar-refractivity contribution >= 4 is 35.1 Å². The summed E-state index contributed by atoms with van der Waals surface area (Å²) in [6, 6.07) is 11.3. The van der Waals surface area contributed by atoms with Crippen LogP contribution in [0.25, 0.3) is 0 Å². The normalized spacial score (nSPS) is 15.1. The fourth-order valence-electron chi connectivity index (χ4n) is 3.40. The maximum atomic E-state index is 12.8. The Labute approximate surface area is 190 Å². The molecule has 1 fully saturated rings. The molecule has 2 aromatic carbocycles. The monoisotopic (exact) mass is 455 g/mol. The Balaban J connectivity index is 1.63. The number of carbonyl (C=O) groups excluding carboxylic acids is 4. The van der Waals surface area contributed by atoms with E-state index in [0.29, 0.717) is 28.4 Å². The summed E-state index contributed by atoms with van der Waals surface area (Å²) in [6.45, 7) is -0.0414. The van der Waals surface area contributed by atoms with E-state index in [4.69, 9.17) is 9.47 Å². The summed E-state index contributed by atoms with van der Waals surface area (Å²) in [5.74, 6) is -0.985. The number of rotatable bonds is 8. The van der Waals surface area contributed by atoms with Gasteiger partial charge in [0, 0.05) is 30.3 Å². The highest BCUT2D eigenvalue weighted by Gasteiger charge is 2.36. The van der Waals surface area contributed by atoms with Crippen LogP contribution in [0.3, 0.4) is 0 Å². The molecule has 0 radical (unpaired) electrons. The van der Waals surface area contributed by atoms with Crippen LogP contribution in [0.15, 0.2) is 42.5 Å². The molecule has 33 heavy (non-hydrogen) atoms. The van der Waals surface area contributed by atoms with Crippen molar-refractivity contribution in [2.24, 2.45) is 5.92 Å². The van der Waals surface area contributed by atoms with Gasteiger partial charge in [-0.3, -0.25) is 19.2 Å². The second kappa shape index (κ2) is 10.5. The lowest BCUT2D eigenvalue weighted by molar-refractivity contribution is -0.139. The van der Waals surface area contributed by atoms with Crippen LogP contribution in [0, 0.1) is 5.92 Å². The zero-order valence-corrected chi connectivity index (χ0v) is 18.5. The van der Waals surface area contributed by atoms with Crippen LogP contribution in [-0.2, 0) is 19.1 Å². The average molecular weight is 455 g/mol. The van der Waals surface area contributed by atoms with Crippen molar-refractivity contribution in [3.63, 3.8) is 0 Å². The van der Waals surface area contributed by atoms with Gasteiger partial charge in [-0.05, 0) is 36.4 Å². The first-order chi connectivity index (χ1) is 15.9. The molecule has 3 rings (SSSR count). The summed E-state index contributed by atoms with van der Waals surface area (Å²) in [7, 11) is 4.27. The van der Waals surface area contributed by atoms with E-state index in [1.165, 1.54) is 38.4 Å². The lowest BCUT2D eigenvalue weighted by Crippen LogP contribution is -2.30. The van der Waals surface area contributed by atoms with Gasteiger partial charge in [0.1, 0.15) is 18.0 Å². The Hall–Kier alpha value is -4.08. The van der Waals surface area contributed by atoms with Gasteiger partial charge in [0.25, 0.3) is 5.91 Å². The topological polar surface area (TPSA) is 123 Å². The third-order valence-electron chi connectivity index (χ3n) is 5.21. The largest absolute Gasteiger partial charge is 0.497 e. The molecular weight excluding hydrogens is 430 g/mol. The summed E-state index contributed by atoms with van der Waals surface area (Å²) in [5, 5.41) is 5.21. The number of anilines is 2. The van der Waals surface area contributed by atoms with Crippen LogP contribution < -0.4 is 25.0 Å². The van der Waals surface area contributed by atoms with Gasteiger partial charge in [-0.1, -0.05) is 0 Å². The van der Waals surface area contributed by atoms with Crippen molar-refractivity contribution in [1.82, 2.24) is 5.32 Å². The molecule has 0 aliphatic carbocycles. The molecule has 3 amide bonds. The van der Waals surface area contributed by atoms with Gasteiger partial charge in [-0.2, -0.15) is 0 Å². The first kappa shape index (κ1) is 23.6. The number of nitrogens with zero attached hydrogens (tertiary/aromatic N) is 1. The van der Waals surface area contributed by atoms with Gasteiger partial charge in [-0.25, -0.2) is 0 Å². The van der Waals surface area contributed by atoms with Gasteiger partial charge < -0.3 is 29.7 Å². The van der Waals surface area contributed by atoms with E-state index in [1.54, 1.807) is 30.3 Å². The highest BCUT2D eigenvalue weighted by Crippen LogP contribution is 2.36. The molecule has 1 aliphatic heterocycles. The van der Waals surface area contributed by atoms with Crippen LogP contribution in [0.2, 0.25) is 0 Å². The number of hydrogen-bond donors (Lipinski definition) is 2. The molecule has 2 aromatic rings. The maximum Gasteiger partial charge on any atom is 0.325 e. The number of esters is 1. The minimum absolute atomic E-state index is 0.0558. The number of benzene rings is 2. The highest BCUT2D eigenvalue weighted by molar-refractivity contribution is 6.04. The summed E-state index contributed by atoms with van der Waals surface area (Å²) in [4.78, 5) is 50.1. The molecule has 10 heteroatoms. The molecule has 1 aliphatic rings. The van der Waals surface area contributed by atoms with Crippen LogP contribution in [0.5, 0.6) is 11.5 Å². The first-order valence-corrected chi connectivity index (χ1v) is 10.1. The summed E-state index contributed by atoms with van der Waals surface area (Å²) < 4.78 is 15.1. The molecule has 0 saturated carbocycles. The molecule has 0 aromatic heterocycles. The fraction of sp³-hybridized carbons (Fsp3) is 0.304. The van der Waals surface area contributed by atoms with Gasteiger partial charge in [0.05, 0.1) is 32.9 Å². The Morgan fingerprint density at radius 1 is 1.03 bits per heavy atom. The van der Waals surface area contributed by atoms with Gasteiger partial charge in [0.15, 0.2) is 0 Å². The number of methoxy groups -OCH3 is 3. The molecule has 0 spiro atoms. The smallest absolute Gasteiger partial charge is 0.325 e. The van der Waals surface area contributed by atoms with E-state index < -0.39 is 17.8 Å². The predicted octanol–water partition coefficient (Wildman–Crippen LogP) is 1.60. The number of carbonyl (C=O) groups is 4. The van der Waals surface area contributed by atoms with Crippen LogP contribution in [-0.4, -0.2) is 58.1 Å². The Bertz CT molecular complexity index is 1050. The first-order valence-electron chi connectivity index (χ1n) is 10.1. The molecule has 0 bridgehead atoms. The van der Waals surface area contributed by atoms with E-state index >= 15 is 0 Å². The van der Waals surface area contributed by atoms with Crippen molar-refractivity contribution in [3.8, 4) is 11.5 Å². The second-order valence-corrected chi connectivity index (χ2v) is 7.27. The van der Waals surface area contributed by atoms with Crippen LogP contribution >= 0.6 is 0 Å². The standard InChI is InChI=1S/C23H25N3O7/c1-31-17-8-9-19(32-2)18(11-17)26-13-15(10-20(26)27)23(30)25-16-6-4-14(5-7-16)22(29)24-12-21(28)33-3/h4-9,11,15H,10,12-13H2,1-3H3,(H,24,29)(H,25,30). The molecule has 1 unspecified atom stereocenters. The van der Waals surface area contributed by atoms with Gasteiger partial charge in [-0.15, -0.1) is 0 Å². The summed E-state index contributed by atoms with van der Waals surface area (Å²) >= 11 is 0. The quantitative estimate of drug-likeness (QED) is 0.580. The molecule has 1 saturated heterocycles. The van der Waals surface area contributed by atoms with E-state index in [9.17, 15) is 19.2 Å². The molecule has 1 heterocycles. The van der Waals surface area contributed by atoms with Gasteiger partial charge >= 0.3 is 5.97 Å². The van der Waals surface area contributed by atoms with Crippen LogP contribution in [0.4, 0.5) is 11.4 Å². The minimum Gasteiger partial charge on any atom is -0.497 e. The zero-order valence-electron chi connectivity index (χ0n) is 18.5. The molecule has 1 atom stereocenters. The lowest BCUT2D eigenvalue weighted by atomic mass is 10.1. The third kappa shape index (κ3) is 5.59. The molecule has 2 N–H and O–H groups in total. The van der Waals surface area contributed by atoms with Crippen molar-refractivity contribution < 1.29 is 33.4 Å².